The van der Waals surface area contributed by atoms with Gasteiger partial charge in [0, 0.05) is 12.2 Å². The molecule has 1 saturated heterocycles. The average molecular weight is 509 g/mol. The molecule has 0 amide bonds. The van der Waals surface area contributed by atoms with E-state index in [1.54, 1.807) is 6.07 Å². The van der Waals surface area contributed by atoms with Crippen LogP contribution >= 0.6 is 0 Å². The van der Waals surface area contributed by atoms with Gasteiger partial charge in [0.25, 0.3) is 0 Å². The Balaban J connectivity index is 2.37. The molecule has 1 aliphatic heterocycles. The Labute approximate surface area is 205 Å². The van der Waals surface area contributed by atoms with Crippen molar-refractivity contribution in [2.24, 2.45) is 0 Å². The lowest BCUT2D eigenvalue weighted by Crippen LogP contribution is -2.15. The van der Waals surface area contributed by atoms with Gasteiger partial charge in [-0.3, -0.25) is 4.79 Å². The minimum absolute atomic E-state index is 0.185. The third kappa shape index (κ3) is 5.48. The van der Waals surface area contributed by atoms with E-state index in [4.69, 9.17) is 23.7 Å². The molecule has 3 rings (SSSR count). The van der Waals surface area contributed by atoms with E-state index < -0.39 is 21.4 Å². The summed E-state index contributed by atoms with van der Waals surface area (Å²) in [6, 6.07) is 4.58. The molecule has 0 aromatic heterocycles. The Kier molecular flexibility index (Phi) is 8.50. The van der Waals surface area contributed by atoms with Crippen LogP contribution in [-0.4, -0.2) is 59.6 Å². The first kappa shape index (κ1) is 26.6. The number of Topliss-reactive ketones (excluding diaryl/α,β-unsaturated/α-hetero) is 1. The first-order valence-electron chi connectivity index (χ1n) is 11.3. The van der Waals surface area contributed by atoms with Gasteiger partial charge in [0.1, 0.15) is 16.4 Å². The van der Waals surface area contributed by atoms with Gasteiger partial charge in [-0.1, -0.05) is 6.92 Å². The SMILES string of the molecule is CCCOc1c(O)cc(-c2c(C3CCCO3)cc(OC)c(OC)c2OC)cc1S(=O)(=O)CC(C)=O. The second-order valence-electron chi connectivity index (χ2n) is 8.24. The summed E-state index contributed by atoms with van der Waals surface area (Å²) >= 11 is 0. The van der Waals surface area contributed by atoms with Crippen molar-refractivity contribution >= 4 is 15.6 Å². The van der Waals surface area contributed by atoms with E-state index in [1.807, 2.05) is 6.92 Å². The number of rotatable bonds is 11. The maximum atomic E-state index is 13.2. The molecule has 1 aliphatic rings. The Morgan fingerprint density at radius 2 is 1.80 bits per heavy atom. The number of phenolic OH excluding ortho intramolecular Hbond substituents is 1. The first-order chi connectivity index (χ1) is 16.7. The fourth-order valence-electron chi connectivity index (χ4n) is 4.21. The van der Waals surface area contributed by atoms with Crippen LogP contribution in [0.5, 0.6) is 28.7 Å². The van der Waals surface area contributed by atoms with Gasteiger partial charge in [0.05, 0.1) is 34.0 Å². The fraction of sp³-hybridized carbons (Fsp3) is 0.480. The standard InChI is InChI=1S/C25H32O9S/c1-6-9-34-23-18(27)11-16(12-21(23)35(28,29)14-15(2)26)22-17(19-8-7-10-33-19)13-20(30-3)24(31-4)25(22)32-5/h11-13,19,27H,6-10,14H2,1-5H3. The van der Waals surface area contributed by atoms with Crippen LogP contribution in [0.3, 0.4) is 0 Å². The number of ketones is 1. The zero-order valence-corrected chi connectivity index (χ0v) is 21.5. The summed E-state index contributed by atoms with van der Waals surface area (Å²) in [5, 5.41) is 10.9. The Hall–Kier alpha value is -2.98. The molecule has 2 aromatic carbocycles. The van der Waals surface area contributed by atoms with Crippen LogP contribution in [0.25, 0.3) is 11.1 Å². The van der Waals surface area contributed by atoms with Crippen LogP contribution in [0.4, 0.5) is 0 Å². The van der Waals surface area contributed by atoms with Gasteiger partial charge in [-0.15, -0.1) is 0 Å². The summed E-state index contributed by atoms with van der Waals surface area (Å²) in [6.07, 6.45) is 1.90. The lowest BCUT2D eigenvalue weighted by Gasteiger charge is -2.23. The molecule has 9 nitrogen and oxygen atoms in total. The van der Waals surface area contributed by atoms with Crippen LogP contribution in [-0.2, 0) is 19.4 Å². The van der Waals surface area contributed by atoms with E-state index in [0.29, 0.717) is 47.0 Å². The highest BCUT2D eigenvalue weighted by Crippen LogP contribution is 2.52. The molecule has 0 bridgehead atoms. The largest absolute Gasteiger partial charge is 0.504 e. The molecule has 0 radical (unpaired) electrons. The number of phenols is 1. The number of hydrogen-bond donors (Lipinski definition) is 1. The molecule has 0 spiro atoms. The number of ether oxygens (including phenoxy) is 5. The molecule has 0 saturated carbocycles. The normalized spacial score (nSPS) is 15.6. The summed E-state index contributed by atoms with van der Waals surface area (Å²) in [5.41, 5.74) is 1.54. The summed E-state index contributed by atoms with van der Waals surface area (Å²) < 4.78 is 54.7. The average Bonchev–Trinajstić information content (AvgIpc) is 3.35. The lowest BCUT2D eigenvalue weighted by atomic mass is 9.92. The minimum atomic E-state index is -4.12. The highest BCUT2D eigenvalue weighted by Gasteiger charge is 2.31. The maximum Gasteiger partial charge on any atom is 0.203 e. The predicted molar refractivity (Wildman–Crippen MR) is 130 cm³/mol. The molecule has 192 valence electrons. The van der Waals surface area contributed by atoms with E-state index in [-0.39, 0.29) is 29.1 Å². The third-order valence-electron chi connectivity index (χ3n) is 5.64. The molecule has 1 fully saturated rings. The summed E-state index contributed by atoms with van der Waals surface area (Å²) in [5.74, 6) is -0.766. The molecule has 35 heavy (non-hydrogen) atoms. The van der Waals surface area contributed by atoms with Crippen molar-refractivity contribution in [1.82, 2.24) is 0 Å². The molecule has 2 aromatic rings. The maximum absolute atomic E-state index is 13.2. The zero-order valence-electron chi connectivity index (χ0n) is 20.7. The van der Waals surface area contributed by atoms with Crippen molar-refractivity contribution in [3.8, 4) is 39.9 Å². The van der Waals surface area contributed by atoms with Gasteiger partial charge in [-0.2, -0.15) is 0 Å². The van der Waals surface area contributed by atoms with Gasteiger partial charge in [-0.25, -0.2) is 8.42 Å². The van der Waals surface area contributed by atoms with Gasteiger partial charge >= 0.3 is 0 Å². The van der Waals surface area contributed by atoms with Crippen LogP contribution < -0.4 is 18.9 Å². The monoisotopic (exact) mass is 508 g/mol. The Morgan fingerprint density at radius 1 is 1.09 bits per heavy atom. The van der Waals surface area contributed by atoms with E-state index in [0.717, 1.165) is 12.8 Å². The minimum Gasteiger partial charge on any atom is -0.504 e. The van der Waals surface area contributed by atoms with Gasteiger partial charge in [0.2, 0.25) is 5.75 Å². The number of benzene rings is 2. The smallest absolute Gasteiger partial charge is 0.203 e. The topological polar surface area (TPSA) is 118 Å². The Bertz CT molecular complexity index is 1180. The molecule has 0 aliphatic carbocycles. The number of hydrogen-bond acceptors (Lipinski definition) is 9. The Morgan fingerprint density at radius 3 is 2.34 bits per heavy atom. The van der Waals surface area contributed by atoms with E-state index in [2.05, 4.69) is 0 Å². The van der Waals surface area contributed by atoms with Gasteiger partial charge < -0.3 is 28.8 Å². The molecule has 1 unspecified atom stereocenters. The van der Waals surface area contributed by atoms with Crippen LogP contribution in [0.2, 0.25) is 0 Å². The molecule has 10 heteroatoms. The number of sulfone groups is 1. The number of carbonyl (C=O) groups is 1. The molecular weight excluding hydrogens is 476 g/mol. The molecular formula is C25H32O9S. The quantitative estimate of drug-likeness (QED) is 0.479. The zero-order chi connectivity index (χ0) is 25.8. The second-order valence-corrected chi connectivity index (χ2v) is 10.2. The number of methoxy groups -OCH3 is 3. The van der Waals surface area contributed by atoms with Crippen LogP contribution in [0.1, 0.15) is 44.8 Å². The molecule has 1 N–H and O–H groups in total. The van der Waals surface area contributed by atoms with Crippen LogP contribution in [0, 0.1) is 0 Å². The summed E-state index contributed by atoms with van der Waals surface area (Å²) in [4.78, 5) is 11.5. The number of aromatic hydroxyl groups is 1. The molecule has 1 atom stereocenters. The highest BCUT2D eigenvalue weighted by molar-refractivity contribution is 7.92. The fourth-order valence-corrected chi connectivity index (χ4v) is 5.65. The second kappa shape index (κ2) is 11.2. The number of carbonyl (C=O) groups excluding carboxylic acids is 1. The lowest BCUT2D eigenvalue weighted by molar-refractivity contribution is -0.114. The van der Waals surface area contributed by atoms with Crippen LogP contribution in [0.15, 0.2) is 23.1 Å². The van der Waals surface area contributed by atoms with Crippen molar-refractivity contribution in [2.45, 2.75) is 44.1 Å². The van der Waals surface area contributed by atoms with Crippen molar-refractivity contribution < 1.29 is 42.0 Å². The first-order valence-corrected chi connectivity index (χ1v) is 13.0. The summed E-state index contributed by atoms with van der Waals surface area (Å²) in [7, 11) is 0.327. The van der Waals surface area contributed by atoms with E-state index >= 15 is 0 Å². The highest BCUT2D eigenvalue weighted by atomic mass is 32.2. The van der Waals surface area contributed by atoms with Crippen molar-refractivity contribution in [3.63, 3.8) is 0 Å². The van der Waals surface area contributed by atoms with E-state index in [1.165, 1.54) is 40.4 Å². The predicted octanol–water partition coefficient (Wildman–Crippen LogP) is 4.09. The summed E-state index contributed by atoms with van der Waals surface area (Å²) in [6.45, 7) is 3.82. The van der Waals surface area contributed by atoms with Crippen molar-refractivity contribution in [1.29, 1.82) is 0 Å². The van der Waals surface area contributed by atoms with Gasteiger partial charge in [0.15, 0.2) is 32.8 Å². The van der Waals surface area contributed by atoms with E-state index in [9.17, 15) is 18.3 Å². The third-order valence-corrected chi connectivity index (χ3v) is 7.40. The van der Waals surface area contributed by atoms with Crippen molar-refractivity contribution in [3.05, 3.63) is 23.8 Å². The van der Waals surface area contributed by atoms with Gasteiger partial charge in [-0.05, 0) is 55.5 Å². The van der Waals surface area contributed by atoms with Crippen molar-refractivity contribution in [2.75, 3.05) is 40.3 Å². The molecule has 1 heterocycles.